The number of benzene rings is 2. The molecule has 0 bridgehead atoms. The van der Waals surface area contributed by atoms with Gasteiger partial charge in [-0.2, -0.15) is 0 Å². The van der Waals surface area contributed by atoms with E-state index < -0.39 is 16.6 Å². The predicted molar refractivity (Wildman–Crippen MR) is 139 cm³/mol. The number of hydrogen-bond donors (Lipinski definition) is 0. The summed E-state index contributed by atoms with van der Waals surface area (Å²) in [6.07, 6.45) is 0. The fourth-order valence-corrected chi connectivity index (χ4v) is 4.66. The van der Waals surface area contributed by atoms with Crippen LogP contribution in [0.25, 0.3) is 0 Å². The largest absolute Gasteiger partial charge is 0.544 e. The van der Waals surface area contributed by atoms with Gasteiger partial charge in [0.25, 0.3) is 0 Å². The zero-order chi connectivity index (χ0) is 24.5. The Morgan fingerprint density at radius 3 is 1.53 bits per heavy atom. The van der Waals surface area contributed by atoms with Crippen molar-refractivity contribution in [3.8, 4) is 17.2 Å². The molecule has 0 saturated carbocycles. The van der Waals surface area contributed by atoms with Crippen molar-refractivity contribution >= 4 is 22.4 Å². The minimum atomic E-state index is -2.04. The zero-order valence-electron chi connectivity index (χ0n) is 21.7. The first-order chi connectivity index (χ1) is 14.5. The summed E-state index contributed by atoms with van der Waals surface area (Å²) in [5.41, 5.74) is 1.16. The normalized spacial score (nSPS) is 13.0. The topological polar surface area (TPSA) is 44.8 Å². The third-order valence-electron chi connectivity index (χ3n) is 6.85. The van der Waals surface area contributed by atoms with E-state index in [1.165, 1.54) is 0 Å². The van der Waals surface area contributed by atoms with E-state index in [0.717, 1.165) is 5.75 Å². The molecule has 0 atom stereocenters. The van der Waals surface area contributed by atoms with Gasteiger partial charge in [0.05, 0.1) is 7.11 Å². The molecule has 4 nitrogen and oxygen atoms in total. The van der Waals surface area contributed by atoms with Gasteiger partial charge in [-0.25, -0.2) is 0 Å². The van der Waals surface area contributed by atoms with Gasteiger partial charge >= 0.3 is 0 Å². The van der Waals surface area contributed by atoms with Gasteiger partial charge in [-0.05, 0) is 72.7 Å². The molecule has 0 radical (unpaired) electrons. The molecular formula is C26H40O4Si2. The minimum Gasteiger partial charge on any atom is -0.544 e. The van der Waals surface area contributed by atoms with E-state index in [2.05, 4.69) is 67.7 Å². The number of carbonyl (C=O) groups excluding carboxylic acids is 1. The highest BCUT2D eigenvalue weighted by Gasteiger charge is 2.40. The lowest BCUT2D eigenvalue weighted by Gasteiger charge is -2.36. The second-order valence-corrected chi connectivity index (χ2v) is 20.9. The van der Waals surface area contributed by atoms with Crippen LogP contribution in [-0.2, 0) is 0 Å². The van der Waals surface area contributed by atoms with Crippen molar-refractivity contribution in [2.24, 2.45) is 0 Å². The minimum absolute atomic E-state index is 0.0558. The number of hydrogen-bond acceptors (Lipinski definition) is 4. The van der Waals surface area contributed by atoms with E-state index in [0.29, 0.717) is 22.6 Å². The monoisotopic (exact) mass is 472 g/mol. The Bertz CT molecular complexity index is 949. The number of ketones is 1. The van der Waals surface area contributed by atoms with Gasteiger partial charge < -0.3 is 13.6 Å². The van der Waals surface area contributed by atoms with Crippen LogP contribution in [0.3, 0.4) is 0 Å². The number of carbonyl (C=O) groups is 1. The Kier molecular flexibility index (Phi) is 7.42. The number of rotatable bonds is 7. The third kappa shape index (κ3) is 6.04. The summed E-state index contributed by atoms with van der Waals surface area (Å²) in [7, 11) is -2.37. The molecule has 2 aromatic carbocycles. The zero-order valence-corrected chi connectivity index (χ0v) is 23.7. The Morgan fingerprint density at radius 2 is 1.09 bits per heavy atom. The first-order valence-electron chi connectivity index (χ1n) is 11.2. The molecule has 0 amide bonds. The molecule has 0 aliphatic carbocycles. The molecular weight excluding hydrogens is 432 g/mol. The van der Waals surface area contributed by atoms with E-state index in [9.17, 15) is 4.79 Å². The molecule has 0 aromatic heterocycles. The van der Waals surface area contributed by atoms with E-state index in [-0.39, 0.29) is 15.9 Å². The highest BCUT2D eigenvalue weighted by atomic mass is 28.4. The van der Waals surface area contributed by atoms with Crippen molar-refractivity contribution in [2.75, 3.05) is 7.11 Å². The molecule has 0 aliphatic rings. The average Bonchev–Trinajstić information content (AvgIpc) is 2.65. The average molecular weight is 473 g/mol. The fraction of sp³-hybridized carbons (Fsp3) is 0.500. The van der Waals surface area contributed by atoms with E-state index in [4.69, 9.17) is 13.6 Å². The van der Waals surface area contributed by atoms with Crippen LogP contribution in [-0.4, -0.2) is 29.5 Å². The molecule has 32 heavy (non-hydrogen) atoms. The van der Waals surface area contributed by atoms with Crippen molar-refractivity contribution < 1.29 is 18.4 Å². The lowest BCUT2D eigenvalue weighted by molar-refractivity contribution is 0.103. The second-order valence-electron chi connectivity index (χ2n) is 11.5. The molecule has 0 saturated heterocycles. The third-order valence-corrected chi connectivity index (χ3v) is 15.6. The van der Waals surface area contributed by atoms with Crippen molar-refractivity contribution in [1.82, 2.24) is 0 Å². The summed E-state index contributed by atoms with van der Waals surface area (Å²) in [4.78, 5) is 13.3. The lowest BCUT2D eigenvalue weighted by Crippen LogP contribution is -2.43. The van der Waals surface area contributed by atoms with E-state index in [1.807, 2.05) is 36.4 Å². The molecule has 0 N–H and O–H groups in total. The van der Waals surface area contributed by atoms with Crippen LogP contribution in [0.4, 0.5) is 0 Å². The van der Waals surface area contributed by atoms with Crippen molar-refractivity contribution in [3.63, 3.8) is 0 Å². The molecule has 0 heterocycles. The van der Waals surface area contributed by atoms with Crippen molar-refractivity contribution in [1.29, 1.82) is 0 Å². The molecule has 0 spiro atoms. The molecule has 0 aliphatic heterocycles. The first kappa shape index (κ1) is 26.2. The molecule has 0 fully saturated rings. The van der Waals surface area contributed by atoms with Gasteiger partial charge in [0, 0.05) is 17.2 Å². The van der Waals surface area contributed by atoms with Gasteiger partial charge in [0.2, 0.25) is 16.6 Å². The molecule has 0 unspecified atom stereocenters. The van der Waals surface area contributed by atoms with Crippen LogP contribution < -0.4 is 13.6 Å². The second kappa shape index (κ2) is 9.06. The standard InChI is InChI=1S/C26H40O4Si2/c1-25(2,3)31(8,9)29-21-14-12-19(13-15-21)24(27)20-16-22(28-7)18-23(17-20)30-32(10,11)26(4,5)6/h12-18H,1-11H3. The summed E-state index contributed by atoms with van der Waals surface area (Å²) in [6.45, 7) is 22.0. The molecule has 2 aromatic rings. The Hall–Kier alpha value is -2.06. The maximum Gasteiger partial charge on any atom is 0.250 e. The summed E-state index contributed by atoms with van der Waals surface area (Å²) in [5.74, 6) is 2.03. The quantitative estimate of drug-likeness (QED) is 0.306. The van der Waals surface area contributed by atoms with Gasteiger partial charge in [0.1, 0.15) is 17.2 Å². The molecule has 176 valence electrons. The maximum atomic E-state index is 13.3. The van der Waals surface area contributed by atoms with Crippen LogP contribution >= 0.6 is 0 Å². The number of methoxy groups -OCH3 is 1. The summed E-state index contributed by atoms with van der Waals surface area (Å²) in [6, 6.07) is 12.9. The Morgan fingerprint density at radius 1 is 0.656 bits per heavy atom. The van der Waals surface area contributed by atoms with E-state index >= 15 is 0 Å². The van der Waals surface area contributed by atoms with Crippen LogP contribution in [0.1, 0.15) is 57.5 Å². The van der Waals surface area contributed by atoms with Crippen LogP contribution in [0.2, 0.25) is 36.3 Å². The molecule has 6 heteroatoms. The Balaban J connectivity index is 2.31. The SMILES string of the molecule is COc1cc(O[Si](C)(C)C(C)(C)C)cc(C(=O)c2ccc(O[Si](C)(C)C(C)(C)C)cc2)c1. The summed E-state index contributed by atoms with van der Waals surface area (Å²) < 4.78 is 18.2. The summed E-state index contributed by atoms with van der Waals surface area (Å²) in [5, 5.41) is 0.169. The van der Waals surface area contributed by atoms with Crippen LogP contribution in [0.15, 0.2) is 42.5 Å². The fourth-order valence-electron chi connectivity index (χ4n) is 2.62. The molecule has 2 rings (SSSR count). The van der Waals surface area contributed by atoms with Crippen molar-refractivity contribution in [3.05, 3.63) is 53.6 Å². The van der Waals surface area contributed by atoms with Crippen LogP contribution in [0, 0.1) is 0 Å². The van der Waals surface area contributed by atoms with Gasteiger partial charge in [-0.15, -0.1) is 0 Å². The van der Waals surface area contributed by atoms with Gasteiger partial charge in [-0.1, -0.05) is 41.5 Å². The Labute approximate surface area is 196 Å². The van der Waals surface area contributed by atoms with Crippen molar-refractivity contribution in [2.45, 2.75) is 77.8 Å². The highest BCUT2D eigenvalue weighted by Crippen LogP contribution is 2.39. The lowest BCUT2D eigenvalue weighted by atomic mass is 10.0. The van der Waals surface area contributed by atoms with Crippen LogP contribution in [0.5, 0.6) is 17.2 Å². The van der Waals surface area contributed by atoms with Gasteiger partial charge in [0.15, 0.2) is 5.78 Å². The first-order valence-corrected chi connectivity index (χ1v) is 17.0. The van der Waals surface area contributed by atoms with Gasteiger partial charge in [-0.3, -0.25) is 4.79 Å². The number of ether oxygens (including phenoxy) is 1. The smallest absolute Gasteiger partial charge is 0.250 e. The van der Waals surface area contributed by atoms with E-state index in [1.54, 1.807) is 13.2 Å². The summed E-state index contributed by atoms with van der Waals surface area (Å²) >= 11 is 0. The maximum absolute atomic E-state index is 13.3. The predicted octanol–water partition coefficient (Wildman–Crippen LogP) is 7.69. The highest BCUT2D eigenvalue weighted by molar-refractivity contribution is 6.75.